The van der Waals surface area contributed by atoms with Crippen LogP contribution in [0.25, 0.3) is 22.4 Å². The van der Waals surface area contributed by atoms with Gasteiger partial charge in [0.25, 0.3) is 0 Å². The largest absolute Gasteiger partial charge is 0.482 e. The zero-order chi connectivity index (χ0) is 14.7. The molecule has 2 aromatic heterocycles. The molecule has 6 nitrogen and oxygen atoms in total. The number of carbonyl (C=O) groups is 1. The number of rotatable bonds is 4. The topological polar surface area (TPSA) is 77.1 Å². The minimum atomic E-state index is -0.413. The molecular weight excluding hydrogens is 270 g/mol. The van der Waals surface area contributed by atoms with Gasteiger partial charge in [0.2, 0.25) is 0 Å². The molecule has 0 saturated carbocycles. The monoisotopic (exact) mass is 283 g/mol. The van der Waals surface area contributed by atoms with Gasteiger partial charge in [-0.1, -0.05) is 0 Å². The highest BCUT2D eigenvalue weighted by molar-refractivity contribution is 5.78. The van der Waals surface area contributed by atoms with Gasteiger partial charge in [-0.05, 0) is 30.3 Å². The van der Waals surface area contributed by atoms with E-state index in [1.54, 1.807) is 24.5 Å². The number of ether oxygens (including phenoxy) is 2. The minimum Gasteiger partial charge on any atom is -0.482 e. The molecule has 0 aliphatic carbocycles. The molecule has 0 fully saturated rings. The van der Waals surface area contributed by atoms with Gasteiger partial charge in [-0.25, -0.2) is 9.78 Å². The number of carbonyl (C=O) groups excluding carboxylic acids is 1. The lowest BCUT2D eigenvalue weighted by molar-refractivity contribution is -0.142. The molecule has 0 amide bonds. The molecule has 3 rings (SSSR count). The van der Waals surface area contributed by atoms with E-state index in [-0.39, 0.29) is 6.61 Å². The van der Waals surface area contributed by atoms with Crippen LogP contribution in [0.1, 0.15) is 0 Å². The number of benzene rings is 1. The molecule has 2 heterocycles. The molecule has 1 N–H and O–H groups in total. The first kappa shape index (κ1) is 13.1. The molecule has 106 valence electrons. The van der Waals surface area contributed by atoms with Crippen LogP contribution in [0.4, 0.5) is 0 Å². The first-order valence-electron chi connectivity index (χ1n) is 6.36. The van der Waals surface area contributed by atoms with Gasteiger partial charge < -0.3 is 14.5 Å². The smallest absolute Gasteiger partial charge is 0.343 e. The van der Waals surface area contributed by atoms with Crippen LogP contribution in [0.2, 0.25) is 0 Å². The van der Waals surface area contributed by atoms with Crippen molar-refractivity contribution in [2.24, 2.45) is 0 Å². The standard InChI is InChI=1S/C15H13N3O3/c1-20-14(19)9-21-11-4-2-10(3-5-11)15-17-12-6-7-16-8-13(12)18-15/h2-8H,9H2,1H3,(H,17,18). The number of nitrogens with zero attached hydrogens (tertiary/aromatic N) is 2. The average molecular weight is 283 g/mol. The molecule has 0 radical (unpaired) electrons. The number of aromatic amines is 1. The van der Waals surface area contributed by atoms with Gasteiger partial charge in [-0.3, -0.25) is 4.98 Å². The Hall–Kier alpha value is -2.89. The maximum Gasteiger partial charge on any atom is 0.343 e. The summed E-state index contributed by atoms with van der Waals surface area (Å²) in [6.45, 7) is -0.105. The van der Waals surface area contributed by atoms with Gasteiger partial charge >= 0.3 is 5.97 Å². The summed E-state index contributed by atoms with van der Waals surface area (Å²) in [6, 6.07) is 9.16. The summed E-state index contributed by atoms with van der Waals surface area (Å²) >= 11 is 0. The van der Waals surface area contributed by atoms with Crippen molar-refractivity contribution in [3.8, 4) is 17.1 Å². The Balaban J connectivity index is 1.78. The fourth-order valence-electron chi connectivity index (χ4n) is 1.90. The summed E-state index contributed by atoms with van der Waals surface area (Å²) in [5, 5.41) is 0. The molecule has 6 heteroatoms. The third kappa shape index (κ3) is 2.84. The third-order valence-corrected chi connectivity index (χ3v) is 3.00. The summed E-state index contributed by atoms with van der Waals surface area (Å²) in [5.41, 5.74) is 2.68. The molecule has 21 heavy (non-hydrogen) atoms. The lowest BCUT2D eigenvalue weighted by atomic mass is 10.2. The van der Waals surface area contributed by atoms with Gasteiger partial charge in [0.1, 0.15) is 11.6 Å². The van der Waals surface area contributed by atoms with Crippen LogP contribution >= 0.6 is 0 Å². The molecule has 1 aromatic carbocycles. The van der Waals surface area contributed by atoms with Gasteiger partial charge in [0.05, 0.1) is 24.3 Å². The van der Waals surface area contributed by atoms with E-state index in [0.717, 1.165) is 22.4 Å². The molecule has 0 saturated heterocycles. The Labute approximate surface area is 120 Å². The Kier molecular flexibility index (Phi) is 3.51. The molecule has 0 spiro atoms. The minimum absolute atomic E-state index is 0.105. The van der Waals surface area contributed by atoms with Crippen LogP contribution in [0.15, 0.2) is 42.7 Å². The highest BCUT2D eigenvalue weighted by Crippen LogP contribution is 2.22. The summed E-state index contributed by atoms with van der Waals surface area (Å²) in [6.07, 6.45) is 3.44. The third-order valence-electron chi connectivity index (χ3n) is 3.00. The molecular formula is C15H13N3O3. The Bertz CT molecular complexity index is 732. The van der Waals surface area contributed by atoms with E-state index in [2.05, 4.69) is 19.7 Å². The normalized spacial score (nSPS) is 10.5. The highest BCUT2D eigenvalue weighted by Gasteiger charge is 2.06. The highest BCUT2D eigenvalue weighted by atomic mass is 16.6. The van der Waals surface area contributed by atoms with Crippen molar-refractivity contribution in [3.63, 3.8) is 0 Å². The number of pyridine rings is 1. The number of aromatic nitrogens is 3. The molecule has 0 aliphatic rings. The van der Waals surface area contributed by atoms with Gasteiger partial charge in [0.15, 0.2) is 6.61 Å². The molecule has 0 unspecified atom stereocenters. The number of nitrogens with one attached hydrogen (secondary N) is 1. The fourth-order valence-corrected chi connectivity index (χ4v) is 1.90. The quantitative estimate of drug-likeness (QED) is 0.742. The van der Waals surface area contributed by atoms with Crippen molar-refractivity contribution in [1.29, 1.82) is 0 Å². The second kappa shape index (κ2) is 5.62. The summed E-state index contributed by atoms with van der Waals surface area (Å²) in [4.78, 5) is 22.7. The lowest BCUT2D eigenvalue weighted by Gasteiger charge is -2.05. The van der Waals surface area contributed by atoms with E-state index in [1.807, 2.05) is 18.2 Å². The van der Waals surface area contributed by atoms with E-state index in [1.165, 1.54) is 7.11 Å². The maximum atomic E-state index is 11.0. The Morgan fingerprint density at radius 2 is 2.05 bits per heavy atom. The summed E-state index contributed by atoms with van der Waals surface area (Å²) in [5.74, 6) is 0.948. The molecule has 0 aliphatic heterocycles. The number of methoxy groups -OCH3 is 1. The average Bonchev–Trinajstić information content (AvgIpc) is 2.97. The Morgan fingerprint density at radius 3 is 2.76 bits per heavy atom. The predicted molar refractivity (Wildman–Crippen MR) is 76.8 cm³/mol. The molecule has 3 aromatic rings. The lowest BCUT2D eigenvalue weighted by Crippen LogP contribution is -2.12. The van der Waals surface area contributed by atoms with Crippen LogP contribution in [0, 0.1) is 0 Å². The summed E-state index contributed by atoms with van der Waals surface area (Å²) in [7, 11) is 1.32. The number of esters is 1. The fraction of sp³-hybridized carbons (Fsp3) is 0.133. The second-order valence-electron chi connectivity index (χ2n) is 4.37. The first-order chi connectivity index (χ1) is 10.3. The summed E-state index contributed by atoms with van der Waals surface area (Å²) < 4.78 is 9.81. The SMILES string of the molecule is COC(=O)COc1ccc(-c2nc3ccncc3[nH]2)cc1. The van der Waals surface area contributed by atoms with Gasteiger partial charge in [-0.15, -0.1) is 0 Å². The number of imidazole rings is 1. The maximum absolute atomic E-state index is 11.0. The number of hydrogen-bond donors (Lipinski definition) is 1. The van der Waals surface area contributed by atoms with Crippen LogP contribution < -0.4 is 4.74 Å². The van der Waals surface area contributed by atoms with Crippen LogP contribution in [-0.4, -0.2) is 34.6 Å². The van der Waals surface area contributed by atoms with Crippen molar-refractivity contribution in [2.45, 2.75) is 0 Å². The van der Waals surface area contributed by atoms with Crippen molar-refractivity contribution in [1.82, 2.24) is 15.0 Å². The van der Waals surface area contributed by atoms with Crippen molar-refractivity contribution in [2.75, 3.05) is 13.7 Å². The van der Waals surface area contributed by atoms with E-state index in [4.69, 9.17) is 4.74 Å². The predicted octanol–water partition coefficient (Wildman–Crippen LogP) is 2.18. The number of H-pyrrole nitrogens is 1. The molecule has 0 bridgehead atoms. The number of hydrogen-bond acceptors (Lipinski definition) is 5. The van der Waals surface area contributed by atoms with Gasteiger partial charge in [0, 0.05) is 11.8 Å². The van der Waals surface area contributed by atoms with E-state index < -0.39 is 5.97 Å². The van der Waals surface area contributed by atoms with Crippen LogP contribution in [0.3, 0.4) is 0 Å². The van der Waals surface area contributed by atoms with Crippen molar-refractivity contribution >= 4 is 17.0 Å². The van der Waals surface area contributed by atoms with Crippen molar-refractivity contribution in [3.05, 3.63) is 42.7 Å². The van der Waals surface area contributed by atoms with Crippen LogP contribution in [-0.2, 0) is 9.53 Å². The zero-order valence-electron chi connectivity index (χ0n) is 11.4. The van der Waals surface area contributed by atoms with E-state index in [9.17, 15) is 4.79 Å². The second-order valence-corrected chi connectivity index (χ2v) is 4.37. The Morgan fingerprint density at radius 1 is 1.24 bits per heavy atom. The number of fused-ring (bicyclic) bond motifs is 1. The van der Waals surface area contributed by atoms with Crippen molar-refractivity contribution < 1.29 is 14.3 Å². The zero-order valence-corrected chi connectivity index (χ0v) is 11.4. The molecule has 0 atom stereocenters. The first-order valence-corrected chi connectivity index (χ1v) is 6.36. The van der Waals surface area contributed by atoms with E-state index >= 15 is 0 Å². The van der Waals surface area contributed by atoms with Gasteiger partial charge in [-0.2, -0.15) is 0 Å². The van der Waals surface area contributed by atoms with E-state index in [0.29, 0.717) is 5.75 Å². The van der Waals surface area contributed by atoms with Crippen LogP contribution in [0.5, 0.6) is 5.75 Å².